The first-order valence-corrected chi connectivity index (χ1v) is 5.92. The van der Waals surface area contributed by atoms with Gasteiger partial charge in [-0.15, -0.1) is 0 Å². The molecule has 3 aromatic rings. The van der Waals surface area contributed by atoms with Crippen LogP contribution in [0.2, 0.25) is 0 Å². The third-order valence-corrected chi connectivity index (χ3v) is 3.58. The van der Waals surface area contributed by atoms with E-state index in [2.05, 4.69) is 40.2 Å². The molecule has 0 atom stereocenters. The van der Waals surface area contributed by atoms with Crippen molar-refractivity contribution in [1.82, 2.24) is 0 Å². The highest BCUT2D eigenvalue weighted by Gasteiger charge is 2.05. The molecule has 1 nitrogen and oxygen atoms in total. The van der Waals surface area contributed by atoms with Crippen LogP contribution in [0.5, 0.6) is 0 Å². The number of nitrogen functional groups attached to an aromatic ring is 1. The average Bonchev–Trinajstić information content (AvgIpc) is 2.33. The van der Waals surface area contributed by atoms with E-state index in [0.29, 0.717) is 0 Å². The normalized spacial score (nSPS) is 11.1. The fourth-order valence-corrected chi connectivity index (χ4v) is 2.58. The molecule has 3 aromatic carbocycles. The maximum atomic E-state index is 6.07. The number of rotatable bonds is 0. The van der Waals surface area contributed by atoms with Gasteiger partial charge in [0.15, 0.2) is 0 Å². The second-order valence-corrected chi connectivity index (χ2v) is 4.70. The monoisotopic (exact) mass is 271 g/mol. The molecule has 0 unspecified atom stereocenters. The number of nitrogens with two attached hydrogens (primary N) is 1. The zero-order chi connectivity index (χ0) is 11.1. The smallest absolute Gasteiger partial charge is 0.0400 e. The fraction of sp³-hybridized carbons (Fsp3) is 0. The standard InChI is InChI=1S/C14H10BrN/c15-12-7-8-13(16)14-10-4-2-1-3-9(10)5-6-11(12)14/h1-8H,16H2. The largest absolute Gasteiger partial charge is 0.398 e. The van der Waals surface area contributed by atoms with Gasteiger partial charge in [0.2, 0.25) is 0 Å². The van der Waals surface area contributed by atoms with E-state index < -0.39 is 0 Å². The van der Waals surface area contributed by atoms with Crippen LogP contribution in [0.25, 0.3) is 21.5 Å². The minimum absolute atomic E-state index is 0.829. The highest BCUT2D eigenvalue weighted by Crippen LogP contribution is 2.34. The molecule has 78 valence electrons. The first kappa shape index (κ1) is 9.67. The van der Waals surface area contributed by atoms with Crippen molar-refractivity contribution in [3.8, 4) is 0 Å². The maximum absolute atomic E-state index is 6.07. The molecule has 0 fully saturated rings. The number of anilines is 1. The Morgan fingerprint density at radius 3 is 2.50 bits per heavy atom. The molecule has 0 bridgehead atoms. The summed E-state index contributed by atoms with van der Waals surface area (Å²) >= 11 is 3.56. The van der Waals surface area contributed by atoms with Crippen molar-refractivity contribution in [1.29, 1.82) is 0 Å². The predicted molar refractivity (Wildman–Crippen MR) is 73.6 cm³/mol. The van der Waals surface area contributed by atoms with Crippen molar-refractivity contribution in [2.75, 3.05) is 5.73 Å². The van der Waals surface area contributed by atoms with E-state index in [9.17, 15) is 0 Å². The van der Waals surface area contributed by atoms with Gasteiger partial charge < -0.3 is 5.73 Å². The Morgan fingerprint density at radius 2 is 1.62 bits per heavy atom. The highest BCUT2D eigenvalue weighted by molar-refractivity contribution is 9.10. The Morgan fingerprint density at radius 1 is 0.812 bits per heavy atom. The number of benzene rings is 3. The molecule has 0 aliphatic carbocycles. The zero-order valence-corrected chi connectivity index (χ0v) is 10.2. The number of hydrogen-bond acceptors (Lipinski definition) is 1. The third-order valence-electron chi connectivity index (χ3n) is 2.88. The molecule has 0 amide bonds. The third kappa shape index (κ3) is 1.30. The summed E-state index contributed by atoms with van der Waals surface area (Å²) in [6, 6.07) is 16.5. The Bertz CT molecular complexity index is 689. The average molecular weight is 272 g/mol. The molecule has 0 aromatic heterocycles. The molecular weight excluding hydrogens is 262 g/mol. The summed E-state index contributed by atoms with van der Waals surface area (Å²) in [4.78, 5) is 0. The lowest BCUT2D eigenvalue weighted by atomic mass is 10.0. The van der Waals surface area contributed by atoms with Gasteiger partial charge in [-0.1, -0.05) is 52.3 Å². The van der Waals surface area contributed by atoms with E-state index in [1.54, 1.807) is 0 Å². The molecule has 0 aliphatic rings. The summed E-state index contributed by atoms with van der Waals surface area (Å²) in [6.45, 7) is 0. The van der Waals surface area contributed by atoms with Crippen molar-refractivity contribution in [3.63, 3.8) is 0 Å². The molecule has 2 N–H and O–H groups in total. The molecule has 0 saturated heterocycles. The molecular formula is C14H10BrN. The van der Waals surface area contributed by atoms with Gasteiger partial charge in [-0.3, -0.25) is 0 Å². The quantitative estimate of drug-likeness (QED) is 0.478. The van der Waals surface area contributed by atoms with Crippen LogP contribution in [-0.4, -0.2) is 0 Å². The van der Waals surface area contributed by atoms with Gasteiger partial charge in [0, 0.05) is 15.5 Å². The summed E-state index contributed by atoms with van der Waals surface area (Å²) in [6.07, 6.45) is 0. The molecule has 0 saturated carbocycles. The van der Waals surface area contributed by atoms with Crippen molar-refractivity contribution in [2.45, 2.75) is 0 Å². The van der Waals surface area contributed by atoms with Crippen LogP contribution in [0.3, 0.4) is 0 Å². The Kier molecular flexibility index (Phi) is 2.11. The van der Waals surface area contributed by atoms with Gasteiger partial charge >= 0.3 is 0 Å². The molecule has 0 radical (unpaired) electrons. The van der Waals surface area contributed by atoms with Gasteiger partial charge in [-0.05, 0) is 28.3 Å². The summed E-state index contributed by atoms with van der Waals surface area (Å²) in [7, 11) is 0. The van der Waals surface area contributed by atoms with Gasteiger partial charge in [0.25, 0.3) is 0 Å². The van der Waals surface area contributed by atoms with Crippen LogP contribution in [-0.2, 0) is 0 Å². The second-order valence-electron chi connectivity index (χ2n) is 3.85. The second kappa shape index (κ2) is 3.49. The fourth-order valence-electron chi connectivity index (χ4n) is 2.12. The van der Waals surface area contributed by atoms with Crippen LogP contribution in [0.15, 0.2) is 53.0 Å². The van der Waals surface area contributed by atoms with Crippen molar-refractivity contribution in [3.05, 3.63) is 53.0 Å². The Hall–Kier alpha value is -1.54. The lowest BCUT2D eigenvalue weighted by molar-refractivity contribution is 1.71. The first-order valence-electron chi connectivity index (χ1n) is 5.13. The van der Waals surface area contributed by atoms with Crippen LogP contribution in [0.4, 0.5) is 5.69 Å². The van der Waals surface area contributed by atoms with Gasteiger partial charge in [-0.25, -0.2) is 0 Å². The van der Waals surface area contributed by atoms with Crippen molar-refractivity contribution >= 4 is 43.2 Å². The molecule has 3 rings (SSSR count). The lowest BCUT2D eigenvalue weighted by Crippen LogP contribution is -1.88. The van der Waals surface area contributed by atoms with Gasteiger partial charge in [-0.2, -0.15) is 0 Å². The maximum Gasteiger partial charge on any atom is 0.0400 e. The van der Waals surface area contributed by atoms with Crippen LogP contribution in [0.1, 0.15) is 0 Å². The number of hydrogen-bond donors (Lipinski definition) is 1. The minimum Gasteiger partial charge on any atom is -0.398 e. The Labute approximate surface area is 102 Å². The molecule has 0 heterocycles. The lowest BCUT2D eigenvalue weighted by Gasteiger charge is -2.08. The van der Waals surface area contributed by atoms with Crippen molar-refractivity contribution < 1.29 is 0 Å². The van der Waals surface area contributed by atoms with E-state index in [0.717, 1.165) is 15.5 Å². The summed E-state index contributed by atoms with van der Waals surface area (Å²) < 4.78 is 1.09. The van der Waals surface area contributed by atoms with E-state index >= 15 is 0 Å². The van der Waals surface area contributed by atoms with Crippen molar-refractivity contribution in [2.24, 2.45) is 0 Å². The Balaban J connectivity index is 2.64. The van der Waals surface area contributed by atoms with E-state index in [1.165, 1.54) is 16.2 Å². The summed E-state index contributed by atoms with van der Waals surface area (Å²) in [5, 5.41) is 4.73. The molecule has 0 spiro atoms. The van der Waals surface area contributed by atoms with Crippen LogP contribution >= 0.6 is 15.9 Å². The highest BCUT2D eigenvalue weighted by atomic mass is 79.9. The van der Waals surface area contributed by atoms with Crippen LogP contribution in [0, 0.1) is 0 Å². The van der Waals surface area contributed by atoms with E-state index in [1.807, 2.05) is 24.3 Å². The molecule has 16 heavy (non-hydrogen) atoms. The summed E-state index contributed by atoms with van der Waals surface area (Å²) in [5.74, 6) is 0. The van der Waals surface area contributed by atoms with E-state index in [4.69, 9.17) is 5.73 Å². The number of halogens is 1. The van der Waals surface area contributed by atoms with Gasteiger partial charge in [0.1, 0.15) is 0 Å². The van der Waals surface area contributed by atoms with Gasteiger partial charge in [0.05, 0.1) is 0 Å². The zero-order valence-electron chi connectivity index (χ0n) is 8.57. The van der Waals surface area contributed by atoms with E-state index in [-0.39, 0.29) is 0 Å². The molecule has 0 aliphatic heterocycles. The summed E-state index contributed by atoms with van der Waals surface area (Å²) in [5.41, 5.74) is 6.90. The number of fused-ring (bicyclic) bond motifs is 3. The van der Waals surface area contributed by atoms with Crippen LogP contribution < -0.4 is 5.73 Å². The topological polar surface area (TPSA) is 26.0 Å². The predicted octanol–water partition coefficient (Wildman–Crippen LogP) is 4.34. The molecule has 2 heteroatoms. The SMILES string of the molecule is Nc1ccc(Br)c2ccc3ccccc3c12. The minimum atomic E-state index is 0.829. The first-order chi connectivity index (χ1) is 7.77.